The Hall–Kier alpha value is -1.87. The maximum atomic E-state index is 12.4. The van der Waals surface area contributed by atoms with Gasteiger partial charge in [0.15, 0.2) is 5.43 Å². The molecule has 0 aliphatic heterocycles. The largest absolute Gasteiger partial charge is 0.494 e. The number of hydrogen-bond donors (Lipinski definition) is 0. The van der Waals surface area contributed by atoms with Crippen LogP contribution in [0.5, 0.6) is 5.75 Å². The third-order valence-corrected chi connectivity index (χ3v) is 4.16. The molecule has 0 aliphatic rings. The van der Waals surface area contributed by atoms with Crippen molar-refractivity contribution in [3.63, 3.8) is 0 Å². The van der Waals surface area contributed by atoms with Crippen LogP contribution in [0.3, 0.4) is 0 Å². The van der Waals surface area contributed by atoms with Gasteiger partial charge in [0.1, 0.15) is 5.75 Å². The molecule has 0 radical (unpaired) electrons. The molecular weight excluding hydrogens is 256 g/mol. The van der Waals surface area contributed by atoms with Crippen LogP contribution in [0, 0.1) is 0 Å². The molecule has 1 aromatic heterocycles. The molecule has 0 spiro atoms. The van der Waals surface area contributed by atoms with Gasteiger partial charge in [0.25, 0.3) is 0 Å². The van der Waals surface area contributed by atoms with Gasteiger partial charge in [-0.2, -0.15) is 0 Å². The van der Waals surface area contributed by atoms with Crippen molar-refractivity contribution >= 4 is 31.5 Å². The standard InChI is InChI=1S/C16H14O2S/c1-2-9-18-11-7-8-13-15(10-11)19-14-6-4-3-5-12(14)16(13)17/h3-8,10H,2,9H2,1H3. The number of benzene rings is 2. The Morgan fingerprint density at radius 3 is 2.68 bits per heavy atom. The summed E-state index contributed by atoms with van der Waals surface area (Å²) in [7, 11) is 0. The summed E-state index contributed by atoms with van der Waals surface area (Å²) in [5.74, 6) is 0.834. The van der Waals surface area contributed by atoms with Crippen LogP contribution in [0.15, 0.2) is 47.3 Å². The third kappa shape index (κ3) is 2.22. The molecular formula is C16H14O2S. The number of ether oxygens (including phenoxy) is 1. The van der Waals surface area contributed by atoms with Gasteiger partial charge in [-0.1, -0.05) is 19.1 Å². The Labute approximate surface area is 115 Å². The second-order valence-corrected chi connectivity index (χ2v) is 5.52. The molecule has 0 saturated carbocycles. The van der Waals surface area contributed by atoms with Crippen LogP contribution < -0.4 is 10.2 Å². The quantitative estimate of drug-likeness (QED) is 0.667. The maximum Gasteiger partial charge on any atom is 0.195 e. The fraction of sp³-hybridized carbons (Fsp3) is 0.188. The van der Waals surface area contributed by atoms with Gasteiger partial charge in [-0.05, 0) is 36.8 Å². The average molecular weight is 270 g/mol. The Balaban J connectivity index is 2.23. The Morgan fingerprint density at radius 2 is 1.84 bits per heavy atom. The van der Waals surface area contributed by atoms with Gasteiger partial charge in [-0.15, -0.1) is 11.3 Å². The van der Waals surface area contributed by atoms with Crippen molar-refractivity contribution in [1.82, 2.24) is 0 Å². The summed E-state index contributed by atoms with van der Waals surface area (Å²) < 4.78 is 7.62. The van der Waals surface area contributed by atoms with Crippen molar-refractivity contribution in [3.8, 4) is 5.75 Å². The van der Waals surface area contributed by atoms with Gasteiger partial charge >= 0.3 is 0 Å². The highest BCUT2D eigenvalue weighted by atomic mass is 32.1. The van der Waals surface area contributed by atoms with Crippen molar-refractivity contribution in [3.05, 3.63) is 52.7 Å². The first-order chi connectivity index (χ1) is 9.29. The van der Waals surface area contributed by atoms with E-state index in [-0.39, 0.29) is 5.43 Å². The lowest BCUT2D eigenvalue weighted by Crippen LogP contribution is -2.01. The minimum atomic E-state index is 0.103. The van der Waals surface area contributed by atoms with Crippen LogP contribution >= 0.6 is 11.3 Å². The lowest BCUT2D eigenvalue weighted by atomic mass is 10.2. The number of hydrogen-bond acceptors (Lipinski definition) is 3. The van der Waals surface area contributed by atoms with Crippen molar-refractivity contribution in [2.45, 2.75) is 13.3 Å². The molecule has 2 aromatic carbocycles. The highest BCUT2D eigenvalue weighted by Crippen LogP contribution is 2.27. The molecule has 3 aromatic rings. The van der Waals surface area contributed by atoms with Crippen molar-refractivity contribution in [2.24, 2.45) is 0 Å². The molecule has 19 heavy (non-hydrogen) atoms. The highest BCUT2D eigenvalue weighted by Gasteiger charge is 2.06. The van der Waals surface area contributed by atoms with E-state index < -0.39 is 0 Å². The molecule has 0 bridgehead atoms. The molecule has 96 valence electrons. The molecule has 0 unspecified atom stereocenters. The van der Waals surface area contributed by atoms with E-state index in [1.807, 2.05) is 42.5 Å². The van der Waals surface area contributed by atoms with Crippen molar-refractivity contribution in [2.75, 3.05) is 6.61 Å². The normalized spacial score (nSPS) is 11.0. The van der Waals surface area contributed by atoms with E-state index in [1.165, 1.54) is 0 Å². The van der Waals surface area contributed by atoms with Gasteiger partial charge in [0.05, 0.1) is 6.61 Å². The summed E-state index contributed by atoms with van der Waals surface area (Å²) in [6.45, 7) is 2.78. The molecule has 0 fully saturated rings. The smallest absolute Gasteiger partial charge is 0.195 e. The minimum Gasteiger partial charge on any atom is -0.494 e. The first-order valence-electron chi connectivity index (χ1n) is 6.38. The zero-order valence-corrected chi connectivity index (χ0v) is 11.5. The van der Waals surface area contributed by atoms with E-state index in [2.05, 4.69) is 6.92 Å². The van der Waals surface area contributed by atoms with Crippen LogP contribution in [0.4, 0.5) is 0 Å². The molecule has 0 amide bonds. The van der Waals surface area contributed by atoms with Crippen LogP contribution in [0.25, 0.3) is 20.2 Å². The van der Waals surface area contributed by atoms with E-state index in [9.17, 15) is 4.79 Å². The lowest BCUT2D eigenvalue weighted by Gasteiger charge is -2.06. The summed E-state index contributed by atoms with van der Waals surface area (Å²) in [6, 6.07) is 13.4. The first kappa shape index (κ1) is 12.2. The molecule has 0 atom stereocenters. The summed E-state index contributed by atoms with van der Waals surface area (Å²) in [6.07, 6.45) is 0.978. The monoisotopic (exact) mass is 270 g/mol. The van der Waals surface area contributed by atoms with E-state index >= 15 is 0 Å². The van der Waals surface area contributed by atoms with Crippen LogP contribution in [-0.4, -0.2) is 6.61 Å². The van der Waals surface area contributed by atoms with Crippen LogP contribution in [0.2, 0.25) is 0 Å². The Bertz CT molecular complexity index is 789. The predicted molar refractivity (Wildman–Crippen MR) is 81.4 cm³/mol. The van der Waals surface area contributed by atoms with Gasteiger partial charge in [0, 0.05) is 20.2 Å². The zero-order chi connectivity index (χ0) is 13.2. The zero-order valence-electron chi connectivity index (χ0n) is 10.7. The predicted octanol–water partition coefficient (Wildman–Crippen LogP) is 4.20. The summed E-state index contributed by atoms with van der Waals surface area (Å²) >= 11 is 1.63. The molecule has 0 N–H and O–H groups in total. The molecule has 0 aliphatic carbocycles. The second-order valence-electron chi connectivity index (χ2n) is 4.43. The number of fused-ring (bicyclic) bond motifs is 2. The molecule has 2 nitrogen and oxygen atoms in total. The molecule has 3 heteroatoms. The van der Waals surface area contributed by atoms with E-state index in [0.717, 1.165) is 32.3 Å². The van der Waals surface area contributed by atoms with E-state index in [0.29, 0.717) is 6.61 Å². The first-order valence-corrected chi connectivity index (χ1v) is 7.19. The van der Waals surface area contributed by atoms with Crippen molar-refractivity contribution < 1.29 is 4.74 Å². The van der Waals surface area contributed by atoms with Gasteiger partial charge in [0.2, 0.25) is 0 Å². The van der Waals surface area contributed by atoms with Crippen LogP contribution in [0.1, 0.15) is 13.3 Å². The minimum absolute atomic E-state index is 0.103. The lowest BCUT2D eigenvalue weighted by molar-refractivity contribution is 0.318. The summed E-state index contributed by atoms with van der Waals surface area (Å²) in [4.78, 5) is 12.4. The van der Waals surface area contributed by atoms with Crippen molar-refractivity contribution in [1.29, 1.82) is 0 Å². The maximum absolute atomic E-state index is 12.4. The Kier molecular flexibility index (Phi) is 3.22. The van der Waals surface area contributed by atoms with Gasteiger partial charge < -0.3 is 4.74 Å². The van der Waals surface area contributed by atoms with Gasteiger partial charge in [-0.25, -0.2) is 0 Å². The Morgan fingerprint density at radius 1 is 1.05 bits per heavy atom. The van der Waals surface area contributed by atoms with E-state index in [4.69, 9.17) is 4.74 Å². The molecule has 3 rings (SSSR count). The average Bonchev–Trinajstić information content (AvgIpc) is 2.45. The molecule has 1 heterocycles. The highest BCUT2D eigenvalue weighted by molar-refractivity contribution is 7.24. The second kappa shape index (κ2) is 5.02. The van der Waals surface area contributed by atoms with E-state index in [1.54, 1.807) is 11.3 Å². The number of rotatable bonds is 3. The summed E-state index contributed by atoms with van der Waals surface area (Å²) in [5, 5.41) is 1.56. The van der Waals surface area contributed by atoms with Crippen LogP contribution in [-0.2, 0) is 0 Å². The third-order valence-electron chi connectivity index (χ3n) is 3.02. The van der Waals surface area contributed by atoms with Gasteiger partial charge in [-0.3, -0.25) is 4.79 Å². The molecule has 0 saturated heterocycles. The topological polar surface area (TPSA) is 26.3 Å². The fourth-order valence-corrected chi connectivity index (χ4v) is 3.19. The summed E-state index contributed by atoms with van der Waals surface area (Å²) in [5.41, 5.74) is 0.103. The SMILES string of the molecule is CCCOc1ccc2c(=O)c3ccccc3sc2c1. The fourth-order valence-electron chi connectivity index (χ4n) is 2.09.